The number of nitrogens with zero attached hydrogens (tertiary/aromatic N) is 1. The average Bonchev–Trinajstić information content (AvgIpc) is 3.06. The molecule has 1 saturated carbocycles. The summed E-state index contributed by atoms with van der Waals surface area (Å²) in [6.07, 6.45) is 4.52. The molecule has 1 aliphatic rings. The third-order valence-electron chi connectivity index (χ3n) is 5.43. The van der Waals surface area contributed by atoms with Crippen molar-refractivity contribution in [2.45, 2.75) is 38.7 Å². The van der Waals surface area contributed by atoms with Gasteiger partial charge in [-0.2, -0.15) is 0 Å². The second-order valence-corrected chi connectivity index (χ2v) is 7.42. The summed E-state index contributed by atoms with van der Waals surface area (Å²) < 4.78 is 20.2. The van der Waals surface area contributed by atoms with Crippen LogP contribution in [0.3, 0.4) is 0 Å². The number of halogens is 1. The van der Waals surface area contributed by atoms with Gasteiger partial charge in [-0.3, -0.25) is 5.41 Å². The number of benzene rings is 2. The molecule has 1 aliphatic carbocycles. The highest BCUT2D eigenvalue weighted by Crippen LogP contribution is 2.39. The molecule has 0 saturated heterocycles. The lowest BCUT2D eigenvalue weighted by molar-refractivity contribution is 0.0993. The largest absolute Gasteiger partial charge is 0.504 e. The van der Waals surface area contributed by atoms with Crippen LogP contribution in [-0.2, 0) is 0 Å². The fourth-order valence-electron chi connectivity index (χ4n) is 3.79. The van der Waals surface area contributed by atoms with Crippen molar-refractivity contribution in [1.29, 1.82) is 5.41 Å². The summed E-state index contributed by atoms with van der Waals surface area (Å²) in [5.41, 5.74) is 6.82. The number of para-hydroxylation sites is 1. The van der Waals surface area contributed by atoms with Gasteiger partial charge in [-0.25, -0.2) is 9.37 Å². The molecule has 0 amide bonds. The third-order valence-corrected chi connectivity index (χ3v) is 5.43. The van der Waals surface area contributed by atoms with E-state index >= 15 is 0 Å². The predicted octanol–water partition coefficient (Wildman–Crippen LogP) is 4.32. The first-order chi connectivity index (χ1) is 13.4. The number of imidazole rings is 1. The molecule has 0 aliphatic heterocycles. The lowest BCUT2D eigenvalue weighted by Gasteiger charge is -2.29. The first-order valence-corrected chi connectivity index (χ1v) is 9.46. The number of aromatic hydroxyl groups is 1. The summed E-state index contributed by atoms with van der Waals surface area (Å²) in [4.78, 5) is 7.46. The molecule has 0 unspecified atom stereocenters. The smallest absolute Gasteiger partial charge is 0.168 e. The van der Waals surface area contributed by atoms with E-state index in [2.05, 4.69) is 16.9 Å². The molecule has 0 bridgehead atoms. The van der Waals surface area contributed by atoms with E-state index in [1.54, 1.807) is 18.2 Å². The number of nitrogen functional groups attached to an aromatic ring is 1. The number of H-pyrrole nitrogens is 1. The fraction of sp³-hybridized carbons (Fsp3) is 0.333. The highest BCUT2D eigenvalue weighted by Gasteiger charge is 2.25. The third kappa shape index (κ3) is 3.28. The van der Waals surface area contributed by atoms with Crippen LogP contribution in [0.15, 0.2) is 30.3 Å². The number of nitrogens with one attached hydrogen (secondary N) is 2. The van der Waals surface area contributed by atoms with Crippen LogP contribution in [0.5, 0.6) is 11.5 Å². The maximum Gasteiger partial charge on any atom is 0.168 e. The topological polar surface area (TPSA) is 108 Å². The van der Waals surface area contributed by atoms with Gasteiger partial charge in [0.15, 0.2) is 11.5 Å². The van der Waals surface area contributed by atoms with Crippen molar-refractivity contribution in [2.75, 3.05) is 0 Å². The Morgan fingerprint density at radius 3 is 2.86 bits per heavy atom. The second kappa shape index (κ2) is 7.14. The Bertz CT molecular complexity index is 1050. The van der Waals surface area contributed by atoms with E-state index in [1.165, 1.54) is 18.6 Å². The molecular formula is C21H23FN4O2. The van der Waals surface area contributed by atoms with Crippen molar-refractivity contribution >= 4 is 16.9 Å². The number of ether oxygens (including phenoxy) is 1. The van der Waals surface area contributed by atoms with Crippen molar-refractivity contribution in [3.05, 3.63) is 41.7 Å². The van der Waals surface area contributed by atoms with E-state index in [0.717, 1.165) is 19.3 Å². The van der Waals surface area contributed by atoms with Gasteiger partial charge in [0, 0.05) is 6.07 Å². The molecule has 0 radical (unpaired) electrons. The molecule has 1 heterocycles. The molecule has 1 aromatic heterocycles. The van der Waals surface area contributed by atoms with Crippen molar-refractivity contribution < 1.29 is 14.2 Å². The van der Waals surface area contributed by atoms with Gasteiger partial charge in [0.2, 0.25) is 0 Å². The van der Waals surface area contributed by atoms with Gasteiger partial charge in [-0.1, -0.05) is 19.4 Å². The lowest BCUT2D eigenvalue weighted by atomic mass is 9.88. The van der Waals surface area contributed by atoms with Crippen LogP contribution >= 0.6 is 0 Å². The molecule has 28 heavy (non-hydrogen) atoms. The number of aromatic nitrogens is 2. The Labute approximate surface area is 162 Å². The predicted molar refractivity (Wildman–Crippen MR) is 106 cm³/mol. The maximum atomic E-state index is 14.1. The number of hydrogen-bond acceptors (Lipinski definition) is 4. The van der Waals surface area contributed by atoms with Crippen LogP contribution in [0.4, 0.5) is 4.39 Å². The highest BCUT2D eigenvalue weighted by molar-refractivity contribution is 5.98. The van der Waals surface area contributed by atoms with E-state index in [9.17, 15) is 9.50 Å². The highest BCUT2D eigenvalue weighted by atomic mass is 19.1. The monoisotopic (exact) mass is 382 g/mol. The van der Waals surface area contributed by atoms with Gasteiger partial charge >= 0.3 is 0 Å². The van der Waals surface area contributed by atoms with Gasteiger partial charge in [0.25, 0.3) is 0 Å². The number of aromatic amines is 1. The Kier molecular flexibility index (Phi) is 4.66. The summed E-state index contributed by atoms with van der Waals surface area (Å²) >= 11 is 0. The number of rotatable bonds is 4. The number of phenolic OH excluding ortho intramolecular Hbond substituents is 1. The number of fused-ring (bicyclic) bond motifs is 1. The van der Waals surface area contributed by atoms with Crippen LogP contribution < -0.4 is 10.5 Å². The summed E-state index contributed by atoms with van der Waals surface area (Å²) in [6, 6.07) is 7.95. The molecule has 7 heteroatoms. The summed E-state index contributed by atoms with van der Waals surface area (Å²) in [6.45, 7) is 2.17. The SMILES string of the molecule is C[C@H]1CCCC[C@H]1Oc1cccc(-c2nc3cc(C(=N)N)c(F)cc3[nH]2)c1O. The van der Waals surface area contributed by atoms with Gasteiger partial charge < -0.3 is 20.6 Å². The van der Waals surface area contributed by atoms with Crippen molar-refractivity contribution in [1.82, 2.24) is 9.97 Å². The Balaban J connectivity index is 1.70. The second-order valence-electron chi connectivity index (χ2n) is 7.42. The van der Waals surface area contributed by atoms with Crippen LogP contribution in [0.2, 0.25) is 0 Å². The van der Waals surface area contributed by atoms with E-state index in [0.29, 0.717) is 34.1 Å². The Morgan fingerprint density at radius 1 is 1.32 bits per heavy atom. The van der Waals surface area contributed by atoms with E-state index in [4.69, 9.17) is 15.9 Å². The normalized spacial score (nSPS) is 19.6. The molecule has 0 spiro atoms. The first kappa shape index (κ1) is 18.3. The molecule has 1 fully saturated rings. The molecule has 4 rings (SSSR count). The molecule has 6 nitrogen and oxygen atoms in total. The zero-order chi connectivity index (χ0) is 19.8. The summed E-state index contributed by atoms with van der Waals surface area (Å²) in [5, 5.41) is 18.2. The van der Waals surface area contributed by atoms with Gasteiger partial charge in [-0.15, -0.1) is 0 Å². The van der Waals surface area contributed by atoms with E-state index < -0.39 is 5.82 Å². The first-order valence-electron chi connectivity index (χ1n) is 9.46. The van der Waals surface area contributed by atoms with Crippen molar-refractivity contribution in [3.63, 3.8) is 0 Å². The van der Waals surface area contributed by atoms with Crippen molar-refractivity contribution in [3.8, 4) is 22.9 Å². The average molecular weight is 382 g/mol. The molecule has 3 aromatic rings. The Hall–Kier alpha value is -3.09. The zero-order valence-corrected chi connectivity index (χ0v) is 15.6. The standard InChI is InChI=1S/C21H23FN4O2/c1-11-5-2-3-7-17(11)28-18-8-4-6-12(19(18)27)21-25-15-9-13(20(23)24)14(22)10-16(15)26-21/h4,6,8-11,17,27H,2-3,5,7H2,1H3,(H3,23,24)(H,25,26)/t11-,17+/m0/s1. The van der Waals surface area contributed by atoms with Crippen LogP contribution in [0.1, 0.15) is 38.2 Å². The number of amidine groups is 1. The van der Waals surface area contributed by atoms with Gasteiger partial charge in [0.1, 0.15) is 23.6 Å². The minimum atomic E-state index is -0.595. The van der Waals surface area contributed by atoms with E-state index in [1.807, 2.05) is 0 Å². The molecule has 2 aromatic carbocycles. The molecule has 2 atom stereocenters. The Morgan fingerprint density at radius 2 is 2.11 bits per heavy atom. The molecular weight excluding hydrogens is 359 g/mol. The quantitative estimate of drug-likeness (QED) is 0.398. The minimum absolute atomic E-state index is 0.00172. The minimum Gasteiger partial charge on any atom is -0.504 e. The number of nitrogens with two attached hydrogens (primary N) is 1. The molecule has 146 valence electrons. The van der Waals surface area contributed by atoms with Crippen molar-refractivity contribution in [2.24, 2.45) is 11.7 Å². The zero-order valence-electron chi connectivity index (χ0n) is 15.6. The number of phenols is 1. The summed E-state index contributed by atoms with van der Waals surface area (Å²) in [5.74, 6) is 0.316. The van der Waals surface area contributed by atoms with Gasteiger partial charge in [-0.05, 0) is 43.4 Å². The lowest BCUT2D eigenvalue weighted by Crippen LogP contribution is -2.28. The van der Waals surface area contributed by atoms with Gasteiger partial charge in [0.05, 0.1) is 22.2 Å². The number of hydrogen-bond donors (Lipinski definition) is 4. The van der Waals surface area contributed by atoms with Crippen LogP contribution in [-0.4, -0.2) is 27.0 Å². The maximum absolute atomic E-state index is 14.1. The fourth-order valence-corrected chi connectivity index (χ4v) is 3.79. The molecule has 5 N–H and O–H groups in total. The van der Waals surface area contributed by atoms with E-state index in [-0.39, 0.29) is 23.3 Å². The van der Waals surface area contributed by atoms with Crippen LogP contribution in [0, 0.1) is 17.1 Å². The summed E-state index contributed by atoms with van der Waals surface area (Å²) in [7, 11) is 0. The van der Waals surface area contributed by atoms with Crippen LogP contribution in [0.25, 0.3) is 22.4 Å².